The predicted octanol–water partition coefficient (Wildman–Crippen LogP) is 4.28. The van der Waals surface area contributed by atoms with Crippen LogP contribution < -0.4 is 4.90 Å². The van der Waals surface area contributed by atoms with Crippen molar-refractivity contribution in [2.45, 2.75) is 31.5 Å². The number of alkyl halides is 1. The van der Waals surface area contributed by atoms with Crippen molar-refractivity contribution in [3.8, 4) is 0 Å². The molecule has 1 fully saturated rings. The average Bonchev–Trinajstić information content (AvgIpc) is 2.58. The van der Waals surface area contributed by atoms with E-state index in [2.05, 4.69) is 0 Å². The maximum Gasteiger partial charge on any atom is 0.295 e. The summed E-state index contributed by atoms with van der Waals surface area (Å²) >= 11 is 0. The Labute approximate surface area is 138 Å². The van der Waals surface area contributed by atoms with Gasteiger partial charge < -0.3 is 4.90 Å². The molecule has 0 N–H and O–H groups in total. The van der Waals surface area contributed by atoms with Gasteiger partial charge in [-0.2, -0.15) is 0 Å². The van der Waals surface area contributed by atoms with Crippen molar-refractivity contribution >= 4 is 11.4 Å². The molecule has 2 aromatic carbocycles. The quantitative estimate of drug-likeness (QED) is 0.620. The van der Waals surface area contributed by atoms with Crippen molar-refractivity contribution in [3.63, 3.8) is 0 Å². The Morgan fingerprint density at radius 2 is 1.96 bits per heavy atom. The summed E-state index contributed by atoms with van der Waals surface area (Å²) in [6.07, 6.45) is 0.421. The Balaban J connectivity index is 1.96. The average molecular weight is 332 g/mol. The van der Waals surface area contributed by atoms with Crippen LogP contribution in [0.4, 0.5) is 20.2 Å². The molecule has 0 aromatic heterocycles. The van der Waals surface area contributed by atoms with E-state index in [1.165, 1.54) is 12.1 Å². The molecule has 4 nitrogen and oxygen atoms in total. The van der Waals surface area contributed by atoms with E-state index >= 15 is 0 Å². The molecular weight excluding hydrogens is 314 g/mol. The lowest BCUT2D eigenvalue weighted by molar-refractivity contribution is -0.384. The molecule has 3 rings (SSSR count). The first-order chi connectivity index (χ1) is 11.6. The SMILES string of the molecule is O=[N+]([O-])c1cc(F)ccc1N1CCC[C@@H](F)[C@H]1Cc1ccccc1. The molecule has 0 bridgehead atoms. The van der Waals surface area contributed by atoms with Crippen molar-refractivity contribution < 1.29 is 13.7 Å². The molecule has 0 amide bonds. The zero-order valence-corrected chi connectivity index (χ0v) is 13.1. The minimum atomic E-state index is -1.08. The van der Waals surface area contributed by atoms with E-state index in [1.807, 2.05) is 30.3 Å². The van der Waals surface area contributed by atoms with Crippen LogP contribution >= 0.6 is 0 Å². The summed E-state index contributed by atoms with van der Waals surface area (Å²) in [4.78, 5) is 12.4. The number of benzene rings is 2. The van der Waals surface area contributed by atoms with Gasteiger partial charge >= 0.3 is 0 Å². The molecule has 2 atom stereocenters. The van der Waals surface area contributed by atoms with Crippen molar-refractivity contribution in [3.05, 3.63) is 70.0 Å². The molecule has 1 aliphatic rings. The number of nitro groups is 1. The van der Waals surface area contributed by atoms with Gasteiger partial charge in [0, 0.05) is 6.54 Å². The molecule has 0 radical (unpaired) electrons. The number of anilines is 1. The summed E-state index contributed by atoms with van der Waals surface area (Å²) in [7, 11) is 0. The zero-order valence-electron chi connectivity index (χ0n) is 13.1. The van der Waals surface area contributed by atoms with Crippen molar-refractivity contribution in [2.24, 2.45) is 0 Å². The monoisotopic (exact) mass is 332 g/mol. The second-order valence-electron chi connectivity index (χ2n) is 6.00. The summed E-state index contributed by atoms with van der Waals surface area (Å²) in [6, 6.07) is 12.5. The van der Waals surface area contributed by atoms with Gasteiger partial charge in [-0.05, 0) is 37.0 Å². The minimum absolute atomic E-state index is 0.282. The number of hydrogen-bond acceptors (Lipinski definition) is 3. The third-order valence-electron chi connectivity index (χ3n) is 4.43. The van der Waals surface area contributed by atoms with Gasteiger partial charge in [0.25, 0.3) is 5.69 Å². The maximum absolute atomic E-state index is 14.6. The van der Waals surface area contributed by atoms with Crippen molar-refractivity contribution in [2.75, 3.05) is 11.4 Å². The Kier molecular flexibility index (Phi) is 4.74. The lowest BCUT2D eigenvalue weighted by atomic mass is 9.93. The van der Waals surface area contributed by atoms with Crippen LogP contribution in [0.25, 0.3) is 0 Å². The van der Waals surface area contributed by atoms with Crippen LogP contribution in [-0.2, 0) is 6.42 Å². The van der Waals surface area contributed by atoms with Gasteiger partial charge in [-0.3, -0.25) is 10.1 Å². The van der Waals surface area contributed by atoms with Gasteiger partial charge in [0.1, 0.15) is 17.7 Å². The summed E-state index contributed by atoms with van der Waals surface area (Å²) < 4.78 is 28.0. The number of rotatable bonds is 4. The van der Waals surface area contributed by atoms with Crippen molar-refractivity contribution in [1.29, 1.82) is 0 Å². The molecule has 24 heavy (non-hydrogen) atoms. The standard InChI is InChI=1S/C18H18F2N2O2/c19-14-8-9-16(18(12-14)22(23)24)21-10-4-7-15(20)17(21)11-13-5-2-1-3-6-13/h1-3,5-6,8-9,12,15,17H,4,7,10-11H2/t15-,17-/m1/s1. The van der Waals surface area contributed by atoms with E-state index in [0.717, 1.165) is 11.6 Å². The van der Waals surface area contributed by atoms with Crippen LogP contribution in [-0.4, -0.2) is 23.7 Å². The van der Waals surface area contributed by atoms with Crippen LogP contribution in [0.1, 0.15) is 18.4 Å². The number of halogens is 2. The molecule has 2 aromatic rings. The molecule has 126 valence electrons. The summed E-state index contributed by atoms with van der Waals surface area (Å²) in [5.41, 5.74) is 0.939. The summed E-state index contributed by atoms with van der Waals surface area (Å²) in [6.45, 7) is 0.518. The molecule has 0 unspecified atom stereocenters. The Morgan fingerprint density at radius 1 is 1.21 bits per heavy atom. The lowest BCUT2D eigenvalue weighted by Crippen LogP contribution is -2.48. The van der Waals surface area contributed by atoms with E-state index in [9.17, 15) is 18.9 Å². The molecular formula is C18H18F2N2O2. The molecule has 1 saturated heterocycles. The van der Waals surface area contributed by atoms with E-state index in [0.29, 0.717) is 25.8 Å². The van der Waals surface area contributed by atoms with E-state index in [-0.39, 0.29) is 11.4 Å². The van der Waals surface area contributed by atoms with Crippen LogP contribution in [0.5, 0.6) is 0 Å². The van der Waals surface area contributed by atoms with Gasteiger partial charge in [-0.15, -0.1) is 0 Å². The maximum atomic E-state index is 14.6. The highest BCUT2D eigenvalue weighted by molar-refractivity contribution is 5.64. The van der Waals surface area contributed by atoms with Gasteiger partial charge in [0.2, 0.25) is 0 Å². The van der Waals surface area contributed by atoms with Gasteiger partial charge in [-0.25, -0.2) is 8.78 Å². The lowest BCUT2D eigenvalue weighted by Gasteiger charge is -2.39. The van der Waals surface area contributed by atoms with Crippen LogP contribution in [0.2, 0.25) is 0 Å². The fourth-order valence-corrected chi connectivity index (χ4v) is 3.29. The smallest absolute Gasteiger partial charge is 0.295 e. The second-order valence-corrected chi connectivity index (χ2v) is 6.00. The third-order valence-corrected chi connectivity index (χ3v) is 4.43. The second kappa shape index (κ2) is 6.95. The first kappa shape index (κ1) is 16.4. The molecule has 0 aliphatic carbocycles. The van der Waals surface area contributed by atoms with E-state index < -0.39 is 23.0 Å². The van der Waals surface area contributed by atoms with Crippen LogP contribution in [0, 0.1) is 15.9 Å². The highest BCUT2D eigenvalue weighted by atomic mass is 19.1. The normalized spacial score (nSPS) is 20.8. The summed E-state index contributed by atoms with van der Waals surface area (Å²) in [5.74, 6) is -0.668. The molecule has 1 aliphatic heterocycles. The van der Waals surface area contributed by atoms with Gasteiger partial charge in [-0.1, -0.05) is 30.3 Å². The number of piperidine rings is 1. The molecule has 0 saturated carbocycles. The van der Waals surface area contributed by atoms with Gasteiger partial charge in [0.05, 0.1) is 17.0 Å². The first-order valence-corrected chi connectivity index (χ1v) is 7.95. The Bertz CT molecular complexity index is 724. The van der Waals surface area contributed by atoms with Crippen LogP contribution in [0.15, 0.2) is 48.5 Å². The largest absolute Gasteiger partial charge is 0.360 e. The highest BCUT2D eigenvalue weighted by Crippen LogP contribution is 2.35. The van der Waals surface area contributed by atoms with E-state index in [1.54, 1.807) is 4.90 Å². The third kappa shape index (κ3) is 3.37. The fourth-order valence-electron chi connectivity index (χ4n) is 3.29. The predicted molar refractivity (Wildman–Crippen MR) is 88.5 cm³/mol. The molecule has 1 heterocycles. The highest BCUT2D eigenvalue weighted by Gasteiger charge is 2.34. The van der Waals surface area contributed by atoms with Crippen LogP contribution in [0.3, 0.4) is 0 Å². The Hall–Kier alpha value is -2.50. The fraction of sp³-hybridized carbons (Fsp3) is 0.333. The summed E-state index contributed by atoms with van der Waals surface area (Å²) in [5, 5.41) is 11.3. The van der Waals surface area contributed by atoms with Gasteiger partial charge in [0.15, 0.2) is 0 Å². The number of nitrogens with zero attached hydrogens (tertiary/aromatic N) is 2. The minimum Gasteiger partial charge on any atom is -0.360 e. The molecule has 0 spiro atoms. The van der Waals surface area contributed by atoms with Crippen molar-refractivity contribution in [1.82, 2.24) is 0 Å². The number of hydrogen-bond donors (Lipinski definition) is 0. The van der Waals surface area contributed by atoms with E-state index in [4.69, 9.17) is 0 Å². The first-order valence-electron chi connectivity index (χ1n) is 7.95. The number of nitro benzene ring substituents is 1. The topological polar surface area (TPSA) is 46.4 Å². The Morgan fingerprint density at radius 3 is 2.67 bits per heavy atom. The zero-order chi connectivity index (χ0) is 17.1. The molecule has 6 heteroatoms.